The molecule has 0 unspecified atom stereocenters. The van der Waals surface area contributed by atoms with E-state index < -0.39 is 48.5 Å². The average molecular weight is 351 g/mol. The molecule has 0 saturated carbocycles. The molecular formula is C11H21N5O8. The highest BCUT2D eigenvalue weighted by Gasteiger charge is 2.34. The lowest BCUT2D eigenvalue weighted by molar-refractivity contribution is -0.147. The first-order valence-electron chi connectivity index (χ1n) is 6.46. The Kier molecular flexibility index (Phi) is 11.3. The number of aliphatic carboxylic acids is 3. The maximum absolute atomic E-state index is 10.7. The zero-order valence-electron chi connectivity index (χ0n) is 12.6. The number of primary amides is 2. The summed E-state index contributed by atoms with van der Waals surface area (Å²) in [6, 6.07) is -5.49. The molecule has 0 rings (SSSR count). The summed E-state index contributed by atoms with van der Waals surface area (Å²) in [4.78, 5) is 52.2. The van der Waals surface area contributed by atoms with Crippen LogP contribution in [0.25, 0.3) is 0 Å². The van der Waals surface area contributed by atoms with Crippen molar-refractivity contribution in [2.75, 3.05) is 6.54 Å². The lowest BCUT2D eigenvalue weighted by atomic mass is 10.2. The third-order valence-corrected chi connectivity index (χ3v) is 2.48. The van der Waals surface area contributed by atoms with Gasteiger partial charge >= 0.3 is 30.0 Å². The van der Waals surface area contributed by atoms with E-state index in [4.69, 9.17) is 26.8 Å². The van der Waals surface area contributed by atoms with Gasteiger partial charge in [0.2, 0.25) is 0 Å². The fraction of sp³-hybridized carbons (Fsp3) is 0.545. The number of hydrogen-bond acceptors (Lipinski definition) is 7. The molecule has 13 nitrogen and oxygen atoms in total. The number of amides is 4. The predicted octanol–water partition coefficient (Wildman–Crippen LogP) is -2.49. The molecule has 0 aromatic rings. The van der Waals surface area contributed by atoms with E-state index in [1.54, 1.807) is 0 Å². The summed E-state index contributed by atoms with van der Waals surface area (Å²) in [5.41, 5.74) is 19.6. The highest BCUT2D eigenvalue weighted by atomic mass is 16.4. The largest absolute Gasteiger partial charge is 0.481 e. The van der Waals surface area contributed by atoms with Crippen LogP contribution in [-0.4, -0.2) is 68.8 Å². The lowest BCUT2D eigenvalue weighted by Gasteiger charge is -2.21. The summed E-state index contributed by atoms with van der Waals surface area (Å²) in [7, 11) is 0. The van der Waals surface area contributed by atoms with Crippen LogP contribution in [0.3, 0.4) is 0 Å². The number of nitrogens with two attached hydrogens (primary N) is 4. The second-order valence-corrected chi connectivity index (χ2v) is 4.37. The number of carbonyl (C=O) groups is 5. The zero-order chi connectivity index (χ0) is 19.4. The number of urea groups is 2. The molecule has 0 radical (unpaired) electrons. The highest BCUT2D eigenvalue weighted by Crippen LogP contribution is 2.05. The monoisotopic (exact) mass is 351 g/mol. The van der Waals surface area contributed by atoms with Crippen molar-refractivity contribution >= 4 is 30.0 Å². The second-order valence-electron chi connectivity index (χ2n) is 4.37. The van der Waals surface area contributed by atoms with Crippen LogP contribution in [0.4, 0.5) is 9.59 Å². The maximum Gasteiger partial charge on any atom is 0.327 e. The summed E-state index contributed by atoms with van der Waals surface area (Å²) < 4.78 is 0. The summed E-state index contributed by atoms with van der Waals surface area (Å²) in [5, 5.41) is 25.2. The van der Waals surface area contributed by atoms with Gasteiger partial charge in [-0.05, 0) is 19.4 Å². The average Bonchev–Trinajstić information content (AvgIpc) is 2.43. The number of carbonyl (C=O) groups excluding carboxylic acids is 2. The van der Waals surface area contributed by atoms with Gasteiger partial charge in [0.15, 0.2) is 6.04 Å². The molecule has 24 heavy (non-hydrogen) atoms. The molecule has 0 aromatic carbocycles. The van der Waals surface area contributed by atoms with Crippen molar-refractivity contribution < 1.29 is 39.3 Å². The van der Waals surface area contributed by atoms with Crippen LogP contribution in [0.2, 0.25) is 0 Å². The van der Waals surface area contributed by atoms with E-state index >= 15 is 0 Å². The van der Waals surface area contributed by atoms with Crippen LogP contribution in [0, 0.1) is 0 Å². The van der Waals surface area contributed by atoms with Crippen molar-refractivity contribution in [3.8, 4) is 0 Å². The van der Waals surface area contributed by atoms with E-state index in [2.05, 4.69) is 11.5 Å². The van der Waals surface area contributed by atoms with Crippen LogP contribution in [0.5, 0.6) is 0 Å². The minimum atomic E-state index is -1.91. The minimum Gasteiger partial charge on any atom is -0.481 e. The van der Waals surface area contributed by atoms with Gasteiger partial charge < -0.3 is 38.3 Å². The van der Waals surface area contributed by atoms with Gasteiger partial charge in [0.05, 0.1) is 6.42 Å². The molecule has 4 amide bonds. The van der Waals surface area contributed by atoms with Crippen molar-refractivity contribution in [3.05, 3.63) is 0 Å². The Bertz CT molecular complexity index is 469. The van der Waals surface area contributed by atoms with Crippen molar-refractivity contribution in [1.29, 1.82) is 0 Å². The van der Waals surface area contributed by atoms with Crippen LogP contribution in [-0.2, 0) is 14.4 Å². The molecule has 0 spiro atoms. The maximum atomic E-state index is 10.7. The standard InChI is InChI=1S/C6H9N3O6.C5H12N2O2/c7-5(14)9(6(8)15)2(4(12)13)1-3(10)11;6-3-1-2-4(7)5(8)9/h2H,1H2,(H2,7,14)(H2,8,15)(H,10,11)(H,12,13);4H,1-3,6-7H2,(H,8,9)/t2-;4-/m00/s1. The fourth-order valence-corrected chi connectivity index (χ4v) is 1.33. The van der Waals surface area contributed by atoms with E-state index in [0.29, 0.717) is 19.4 Å². The fourth-order valence-electron chi connectivity index (χ4n) is 1.33. The van der Waals surface area contributed by atoms with Crippen LogP contribution in [0.15, 0.2) is 0 Å². The van der Waals surface area contributed by atoms with E-state index in [1.807, 2.05) is 0 Å². The Morgan fingerprint density at radius 3 is 1.62 bits per heavy atom. The summed E-state index contributed by atoms with van der Waals surface area (Å²) in [5.74, 6) is -4.15. The van der Waals surface area contributed by atoms with Gasteiger partial charge in [-0.15, -0.1) is 0 Å². The first-order valence-corrected chi connectivity index (χ1v) is 6.46. The predicted molar refractivity (Wildman–Crippen MR) is 78.6 cm³/mol. The summed E-state index contributed by atoms with van der Waals surface area (Å²) >= 11 is 0. The van der Waals surface area contributed by atoms with Gasteiger partial charge in [-0.3, -0.25) is 9.59 Å². The van der Waals surface area contributed by atoms with Crippen molar-refractivity contribution in [3.63, 3.8) is 0 Å². The first-order chi connectivity index (χ1) is 10.9. The molecule has 0 saturated heterocycles. The third kappa shape index (κ3) is 9.91. The lowest BCUT2D eigenvalue weighted by Crippen LogP contribution is -2.53. The Morgan fingerprint density at radius 2 is 1.38 bits per heavy atom. The van der Waals surface area contributed by atoms with E-state index in [-0.39, 0.29) is 4.90 Å². The Morgan fingerprint density at radius 1 is 0.917 bits per heavy atom. The number of hydrogen-bond donors (Lipinski definition) is 7. The molecule has 0 heterocycles. The normalized spacial score (nSPS) is 12.1. The molecule has 0 aromatic heterocycles. The molecule has 138 valence electrons. The molecule has 13 heteroatoms. The minimum absolute atomic E-state index is 0.0313. The number of carboxylic acids is 3. The van der Waals surface area contributed by atoms with Gasteiger partial charge in [-0.25, -0.2) is 19.3 Å². The zero-order valence-corrected chi connectivity index (χ0v) is 12.6. The van der Waals surface area contributed by atoms with Gasteiger partial charge in [-0.2, -0.15) is 0 Å². The SMILES string of the molecule is NC(=O)N(C(N)=O)[C@@H](CC(=O)O)C(=O)O.NCCC[C@H](N)C(=O)O. The quantitative estimate of drug-likeness (QED) is 0.242. The van der Waals surface area contributed by atoms with Crippen LogP contribution < -0.4 is 22.9 Å². The second kappa shape index (κ2) is 11.6. The van der Waals surface area contributed by atoms with Gasteiger partial charge in [0, 0.05) is 0 Å². The summed E-state index contributed by atoms with van der Waals surface area (Å²) in [6.07, 6.45) is 0.167. The topological polar surface area (TPSA) is 253 Å². The molecule has 0 bridgehead atoms. The Labute approximate surface area is 136 Å². The molecule has 0 fully saturated rings. The molecule has 0 aliphatic rings. The van der Waals surface area contributed by atoms with Gasteiger partial charge in [0.1, 0.15) is 6.04 Å². The molecular weight excluding hydrogens is 330 g/mol. The van der Waals surface area contributed by atoms with Crippen molar-refractivity contribution in [1.82, 2.24) is 4.90 Å². The Hall–Kier alpha value is -2.93. The number of imide groups is 1. The van der Waals surface area contributed by atoms with E-state index in [0.717, 1.165) is 0 Å². The van der Waals surface area contributed by atoms with Crippen molar-refractivity contribution in [2.24, 2.45) is 22.9 Å². The van der Waals surface area contributed by atoms with E-state index in [1.165, 1.54) is 0 Å². The van der Waals surface area contributed by atoms with Crippen LogP contribution >= 0.6 is 0 Å². The smallest absolute Gasteiger partial charge is 0.327 e. The molecule has 11 N–H and O–H groups in total. The molecule has 0 aliphatic carbocycles. The first kappa shape index (κ1) is 23.3. The molecule has 0 aliphatic heterocycles. The van der Waals surface area contributed by atoms with E-state index in [9.17, 15) is 24.0 Å². The highest BCUT2D eigenvalue weighted by molar-refractivity contribution is 5.97. The number of rotatable bonds is 8. The van der Waals surface area contributed by atoms with Crippen molar-refractivity contribution in [2.45, 2.75) is 31.3 Å². The summed E-state index contributed by atoms with van der Waals surface area (Å²) in [6.45, 7) is 0.501. The number of carboxylic acid groups (broad SMARTS) is 3. The molecule has 2 atom stereocenters. The van der Waals surface area contributed by atoms with Crippen LogP contribution in [0.1, 0.15) is 19.3 Å². The Balaban J connectivity index is 0. The number of nitrogens with zero attached hydrogens (tertiary/aromatic N) is 1. The van der Waals surface area contributed by atoms with Gasteiger partial charge in [0.25, 0.3) is 0 Å². The third-order valence-electron chi connectivity index (χ3n) is 2.48. The van der Waals surface area contributed by atoms with Gasteiger partial charge in [-0.1, -0.05) is 0 Å².